The lowest BCUT2D eigenvalue weighted by atomic mass is 9.96. The fourth-order valence-corrected chi connectivity index (χ4v) is 6.74. The van der Waals surface area contributed by atoms with Crippen molar-refractivity contribution >= 4 is 27.7 Å². The number of carbonyl (C=O) groups excluding carboxylic acids is 1. The predicted molar refractivity (Wildman–Crippen MR) is 189 cm³/mol. The van der Waals surface area contributed by atoms with Crippen LogP contribution in [0.3, 0.4) is 0 Å². The Morgan fingerprint density at radius 2 is 1.73 bits per heavy atom. The lowest BCUT2D eigenvalue weighted by Crippen LogP contribution is -2.56. The second-order valence-electron chi connectivity index (χ2n) is 12.7. The van der Waals surface area contributed by atoms with E-state index in [-0.39, 0.29) is 43.9 Å². The zero-order valence-electron chi connectivity index (χ0n) is 28.4. The standard InChI is InChI=1S/C35H45ClN4O11S/c36-28-8-7-24(52(47,48)39-14-16-49-15-13-38-34(46)40-29(19-41)32(44)33(45)30(43)20-42)17-22(28)21-50-35(10-11-35)27-18-37-12-9-25(27)26-3-1-2-4-31(26)51-23-5-6-23/h1-4,7-9,12,17-18,23,29-30,32-33,39,41-45H,5-6,10-11,13-16,19-21H2,(H2,38,40,46). The van der Waals surface area contributed by atoms with Crippen molar-refractivity contribution in [2.24, 2.45) is 0 Å². The minimum atomic E-state index is -3.94. The molecule has 4 unspecified atom stereocenters. The summed E-state index contributed by atoms with van der Waals surface area (Å²) in [6, 6.07) is 12.2. The molecule has 1 heterocycles. The van der Waals surface area contributed by atoms with Crippen LogP contribution < -0.4 is 20.1 Å². The molecular formula is C35H45ClN4O11S. The number of hydrogen-bond donors (Lipinski definition) is 8. The number of para-hydroxylation sites is 1. The van der Waals surface area contributed by atoms with Gasteiger partial charge in [0.2, 0.25) is 10.0 Å². The fourth-order valence-electron chi connectivity index (χ4n) is 5.50. The summed E-state index contributed by atoms with van der Waals surface area (Å²) >= 11 is 6.49. The molecule has 15 nitrogen and oxygen atoms in total. The summed E-state index contributed by atoms with van der Waals surface area (Å²) in [5.41, 5.74) is 2.77. The van der Waals surface area contributed by atoms with Crippen LogP contribution in [0.4, 0.5) is 4.79 Å². The van der Waals surface area contributed by atoms with Gasteiger partial charge in [0.15, 0.2) is 0 Å². The molecule has 2 saturated carbocycles. The first kappa shape index (κ1) is 39.8. The predicted octanol–water partition coefficient (Wildman–Crippen LogP) is 1.18. The zero-order valence-corrected chi connectivity index (χ0v) is 29.9. The second-order valence-corrected chi connectivity index (χ2v) is 14.9. The third-order valence-corrected chi connectivity index (χ3v) is 10.6. The van der Waals surface area contributed by atoms with Crippen molar-refractivity contribution in [2.45, 2.75) is 73.2 Å². The zero-order chi connectivity index (χ0) is 37.3. The number of benzene rings is 2. The average Bonchev–Trinajstić information content (AvgIpc) is 4.10. The molecule has 0 spiro atoms. The summed E-state index contributed by atoms with van der Waals surface area (Å²) in [6.45, 7) is -1.57. The van der Waals surface area contributed by atoms with Crippen LogP contribution in [0.2, 0.25) is 5.02 Å². The monoisotopic (exact) mass is 764 g/mol. The number of amides is 2. The minimum Gasteiger partial charge on any atom is -0.490 e. The Hall–Kier alpha value is -3.42. The molecule has 2 fully saturated rings. The van der Waals surface area contributed by atoms with Crippen molar-refractivity contribution in [3.8, 4) is 16.9 Å². The molecule has 3 aromatic rings. The van der Waals surface area contributed by atoms with Gasteiger partial charge >= 0.3 is 6.03 Å². The number of carbonyl (C=O) groups is 1. The minimum absolute atomic E-state index is 0.00201. The number of nitrogens with one attached hydrogen (secondary N) is 3. The van der Waals surface area contributed by atoms with Crippen molar-refractivity contribution in [1.82, 2.24) is 20.3 Å². The largest absolute Gasteiger partial charge is 0.490 e. The molecule has 2 aromatic carbocycles. The van der Waals surface area contributed by atoms with Crippen LogP contribution in [0.5, 0.6) is 5.75 Å². The highest BCUT2D eigenvalue weighted by Crippen LogP contribution is 2.53. The van der Waals surface area contributed by atoms with E-state index in [2.05, 4.69) is 20.3 Å². The Balaban J connectivity index is 1.09. The summed E-state index contributed by atoms with van der Waals surface area (Å²) in [4.78, 5) is 16.5. The summed E-state index contributed by atoms with van der Waals surface area (Å²) in [6.07, 6.45) is 2.20. The fraction of sp³-hybridized carbons (Fsp3) is 0.486. The molecule has 0 bridgehead atoms. The molecular weight excluding hydrogens is 720 g/mol. The van der Waals surface area contributed by atoms with E-state index in [1.165, 1.54) is 18.2 Å². The van der Waals surface area contributed by atoms with Crippen LogP contribution in [0.25, 0.3) is 11.1 Å². The number of rotatable bonds is 21. The quantitative estimate of drug-likeness (QED) is 0.0716. The first-order chi connectivity index (χ1) is 25.0. The van der Waals surface area contributed by atoms with E-state index < -0.39 is 59.2 Å². The Kier molecular flexibility index (Phi) is 13.8. The maximum absolute atomic E-state index is 13.1. The smallest absolute Gasteiger partial charge is 0.315 e. The van der Waals surface area contributed by atoms with Crippen molar-refractivity contribution < 1.29 is 53.0 Å². The molecule has 0 aliphatic heterocycles. The van der Waals surface area contributed by atoms with Gasteiger partial charge in [-0.3, -0.25) is 4.98 Å². The van der Waals surface area contributed by atoms with E-state index in [0.717, 1.165) is 48.1 Å². The number of halogens is 1. The number of nitrogens with zero attached hydrogens (tertiary/aromatic N) is 1. The first-order valence-corrected chi connectivity index (χ1v) is 18.8. The van der Waals surface area contributed by atoms with E-state index in [0.29, 0.717) is 10.6 Å². The molecule has 0 saturated heterocycles. The maximum Gasteiger partial charge on any atom is 0.315 e. The average molecular weight is 765 g/mol. The summed E-state index contributed by atoms with van der Waals surface area (Å²) in [5.74, 6) is 0.816. The number of aliphatic hydroxyl groups is 5. The van der Waals surface area contributed by atoms with Crippen LogP contribution in [-0.4, -0.2) is 115 Å². The van der Waals surface area contributed by atoms with E-state index in [9.17, 15) is 33.6 Å². The number of sulfonamides is 1. The molecule has 8 N–H and O–H groups in total. The Morgan fingerprint density at radius 1 is 0.981 bits per heavy atom. The SMILES string of the molecule is O=C(NCCOCCNS(=O)(=O)c1ccc(Cl)c(COC2(c3cnccc3-c3ccccc3OC3CC3)CC2)c1)NC(CO)C(O)C(O)C(O)CO. The van der Waals surface area contributed by atoms with Gasteiger partial charge in [-0.25, -0.2) is 17.9 Å². The Morgan fingerprint density at radius 3 is 2.44 bits per heavy atom. The molecule has 0 radical (unpaired) electrons. The first-order valence-electron chi connectivity index (χ1n) is 17.0. The summed E-state index contributed by atoms with van der Waals surface area (Å²) in [7, 11) is -3.94. The van der Waals surface area contributed by atoms with Gasteiger partial charge in [-0.2, -0.15) is 0 Å². The van der Waals surface area contributed by atoms with Crippen LogP contribution in [0, 0.1) is 0 Å². The second kappa shape index (κ2) is 18.1. The van der Waals surface area contributed by atoms with E-state index in [1.54, 1.807) is 6.20 Å². The van der Waals surface area contributed by atoms with Crippen molar-refractivity contribution in [3.63, 3.8) is 0 Å². The lowest BCUT2D eigenvalue weighted by Gasteiger charge is -2.28. The Bertz CT molecular complexity index is 1760. The van der Waals surface area contributed by atoms with Crippen LogP contribution >= 0.6 is 11.6 Å². The van der Waals surface area contributed by atoms with E-state index in [1.807, 2.05) is 36.5 Å². The third-order valence-electron chi connectivity index (χ3n) is 8.77. The maximum atomic E-state index is 13.1. The van der Waals surface area contributed by atoms with Gasteiger partial charge in [0.05, 0.1) is 55.7 Å². The van der Waals surface area contributed by atoms with Gasteiger partial charge in [0.25, 0.3) is 0 Å². The molecule has 52 heavy (non-hydrogen) atoms. The topological polar surface area (TPSA) is 229 Å². The number of hydrogen-bond acceptors (Lipinski definition) is 12. The van der Waals surface area contributed by atoms with Gasteiger partial charge < -0.3 is 50.4 Å². The highest BCUT2D eigenvalue weighted by molar-refractivity contribution is 7.89. The van der Waals surface area contributed by atoms with Crippen LogP contribution in [0.1, 0.15) is 36.8 Å². The molecule has 2 amide bonds. The van der Waals surface area contributed by atoms with Gasteiger partial charge in [0.1, 0.15) is 24.1 Å². The van der Waals surface area contributed by atoms with Crippen molar-refractivity contribution in [2.75, 3.05) is 39.5 Å². The molecule has 2 aliphatic carbocycles. The molecule has 17 heteroatoms. The van der Waals surface area contributed by atoms with Crippen LogP contribution in [-0.2, 0) is 31.7 Å². The van der Waals surface area contributed by atoms with E-state index in [4.69, 9.17) is 30.9 Å². The molecule has 284 valence electrons. The highest BCUT2D eigenvalue weighted by atomic mass is 35.5. The molecule has 5 rings (SSSR count). The third kappa shape index (κ3) is 10.4. The van der Waals surface area contributed by atoms with Crippen LogP contribution in [0.15, 0.2) is 65.8 Å². The number of ether oxygens (including phenoxy) is 3. The van der Waals surface area contributed by atoms with Gasteiger partial charge in [0, 0.05) is 41.6 Å². The molecule has 2 aliphatic rings. The Labute approximate surface area is 307 Å². The highest BCUT2D eigenvalue weighted by Gasteiger charge is 2.48. The van der Waals surface area contributed by atoms with E-state index >= 15 is 0 Å². The normalized spacial score (nSPS) is 17.5. The van der Waals surface area contributed by atoms with Crippen molar-refractivity contribution in [1.29, 1.82) is 0 Å². The number of aliphatic hydroxyl groups excluding tert-OH is 5. The number of pyridine rings is 1. The van der Waals surface area contributed by atoms with Gasteiger partial charge in [-0.15, -0.1) is 0 Å². The molecule has 4 atom stereocenters. The summed E-state index contributed by atoms with van der Waals surface area (Å²) < 4.78 is 46.7. The summed E-state index contributed by atoms with van der Waals surface area (Å²) in [5, 5.41) is 52.6. The molecule has 1 aromatic heterocycles. The van der Waals surface area contributed by atoms with Crippen molar-refractivity contribution in [3.05, 3.63) is 77.1 Å². The lowest BCUT2D eigenvalue weighted by molar-refractivity contribution is -0.0902. The van der Waals surface area contributed by atoms with Gasteiger partial charge in [-0.1, -0.05) is 29.8 Å². The number of aromatic nitrogens is 1. The van der Waals surface area contributed by atoms with Gasteiger partial charge in [-0.05, 0) is 67.1 Å². The number of urea groups is 1.